The molecule has 0 rings (SSSR count). The van der Waals surface area contributed by atoms with Crippen LogP contribution in [0.1, 0.15) is 348 Å². The number of esters is 1. The van der Waals surface area contributed by atoms with Crippen LogP contribution in [-0.4, -0.2) is 74.3 Å². The smallest absolute Gasteiger partial charge is 0.456 e. The van der Waals surface area contributed by atoms with E-state index in [1.807, 2.05) is 33.3 Å². The van der Waals surface area contributed by atoms with Crippen molar-refractivity contribution in [2.45, 2.75) is 360 Å². The first-order valence-corrected chi connectivity index (χ1v) is 36.3. The Kier molecular flexibility index (Phi) is 59.0. The standard InChI is InChI=1S/C70H135N2O7P/c1-7-10-13-16-19-22-25-28-30-31-32-33-34-35-36-37-38-39-40-41-42-44-47-50-53-56-59-62-69(73)71-67(66-78-80(75,76)77-65-64-72(4,5)6)68(61-58-55-52-49-46-43-27-24-21-18-15-12-9-3)79-70(74)63-60-57-54-51-48-45-29-26-23-20-17-14-11-8-2/h11,14,20,23,58,61,67-68H,7-10,12-13,15-19,21-22,24-57,59-60,62-66H2,1-6H3,(H-,71,73,75,76)/p+1/b14-11+,23-20+,61-58-. The molecule has 0 saturated heterocycles. The number of allylic oxidation sites excluding steroid dienone is 5. The summed E-state index contributed by atoms with van der Waals surface area (Å²) in [6.45, 7) is 6.96. The number of nitrogens with zero attached hydrogens (tertiary/aromatic N) is 1. The van der Waals surface area contributed by atoms with E-state index in [0.29, 0.717) is 17.4 Å². The molecule has 0 aromatic rings. The fourth-order valence-electron chi connectivity index (χ4n) is 10.5. The number of hydrogen-bond donors (Lipinski definition) is 2. The highest BCUT2D eigenvalue weighted by Gasteiger charge is 2.30. The molecule has 0 spiro atoms. The summed E-state index contributed by atoms with van der Waals surface area (Å²) in [5, 5.41) is 3.07. The molecule has 0 aliphatic carbocycles. The van der Waals surface area contributed by atoms with Gasteiger partial charge in [-0.15, -0.1) is 0 Å². The number of likely N-dealkylation sites (N-methyl/N-ethyl adjacent to an activating group) is 1. The Morgan fingerprint density at radius 3 is 1.19 bits per heavy atom. The topological polar surface area (TPSA) is 111 Å². The number of quaternary nitrogens is 1. The Hall–Kier alpha value is -1.77. The maximum absolute atomic E-state index is 13.6. The number of hydrogen-bond acceptors (Lipinski definition) is 6. The predicted octanol–water partition coefficient (Wildman–Crippen LogP) is 21.8. The monoisotopic (exact) mass is 1150 g/mol. The first-order valence-electron chi connectivity index (χ1n) is 34.8. The first-order chi connectivity index (χ1) is 38.9. The Bertz CT molecular complexity index is 1460. The van der Waals surface area contributed by atoms with E-state index in [4.69, 9.17) is 13.8 Å². The van der Waals surface area contributed by atoms with Gasteiger partial charge in [0, 0.05) is 12.8 Å². The predicted molar refractivity (Wildman–Crippen MR) is 346 cm³/mol. The summed E-state index contributed by atoms with van der Waals surface area (Å²) in [6, 6.07) is -0.848. The van der Waals surface area contributed by atoms with Crippen LogP contribution in [0.5, 0.6) is 0 Å². The zero-order chi connectivity index (χ0) is 58.6. The van der Waals surface area contributed by atoms with Gasteiger partial charge in [-0.2, -0.15) is 0 Å². The minimum absolute atomic E-state index is 0.0414. The average Bonchev–Trinajstić information content (AvgIpc) is 3.42. The van der Waals surface area contributed by atoms with Crippen LogP contribution < -0.4 is 5.32 Å². The van der Waals surface area contributed by atoms with E-state index in [9.17, 15) is 19.0 Å². The van der Waals surface area contributed by atoms with E-state index in [1.165, 1.54) is 231 Å². The van der Waals surface area contributed by atoms with Crippen molar-refractivity contribution in [1.82, 2.24) is 5.32 Å². The van der Waals surface area contributed by atoms with Crippen LogP contribution in [0.25, 0.3) is 0 Å². The summed E-state index contributed by atoms with van der Waals surface area (Å²) in [7, 11) is 1.51. The summed E-state index contributed by atoms with van der Waals surface area (Å²) in [5.41, 5.74) is 0. The van der Waals surface area contributed by atoms with E-state index in [-0.39, 0.29) is 31.5 Å². The van der Waals surface area contributed by atoms with Gasteiger partial charge in [-0.1, -0.05) is 314 Å². The number of amides is 1. The van der Waals surface area contributed by atoms with Gasteiger partial charge in [-0.25, -0.2) is 4.57 Å². The lowest BCUT2D eigenvalue weighted by atomic mass is 10.0. The van der Waals surface area contributed by atoms with Crippen LogP contribution in [0.4, 0.5) is 0 Å². The number of unbranched alkanes of at least 4 members (excludes halogenated alkanes) is 44. The second-order valence-corrected chi connectivity index (χ2v) is 26.5. The maximum Gasteiger partial charge on any atom is 0.472 e. The minimum atomic E-state index is -4.45. The van der Waals surface area contributed by atoms with Gasteiger partial charge in [0.2, 0.25) is 5.91 Å². The molecule has 472 valence electrons. The second kappa shape index (κ2) is 60.4. The molecule has 0 heterocycles. The fourth-order valence-corrected chi connectivity index (χ4v) is 11.2. The lowest BCUT2D eigenvalue weighted by molar-refractivity contribution is -0.870. The van der Waals surface area contributed by atoms with Gasteiger partial charge in [0.25, 0.3) is 0 Å². The molecular weight excluding hydrogens is 1010 g/mol. The van der Waals surface area contributed by atoms with E-state index in [1.54, 1.807) is 0 Å². The third-order valence-electron chi connectivity index (χ3n) is 15.8. The largest absolute Gasteiger partial charge is 0.472 e. The van der Waals surface area contributed by atoms with Crippen molar-refractivity contribution in [1.29, 1.82) is 0 Å². The molecule has 1 amide bonds. The number of carbonyl (C=O) groups excluding carboxylic acids is 2. The van der Waals surface area contributed by atoms with Crippen LogP contribution in [0.15, 0.2) is 36.5 Å². The molecule has 0 radical (unpaired) electrons. The Morgan fingerprint density at radius 1 is 0.450 bits per heavy atom. The normalized spacial score (nSPS) is 13.7. The third kappa shape index (κ3) is 60.8. The molecule has 3 unspecified atom stereocenters. The van der Waals surface area contributed by atoms with Crippen molar-refractivity contribution in [2.75, 3.05) is 40.9 Å². The number of phosphoric acid groups is 1. The molecule has 10 heteroatoms. The molecule has 80 heavy (non-hydrogen) atoms. The molecule has 0 fully saturated rings. The van der Waals surface area contributed by atoms with Crippen LogP contribution in [0.2, 0.25) is 0 Å². The number of ether oxygens (including phenoxy) is 1. The molecule has 2 N–H and O–H groups in total. The zero-order valence-corrected chi connectivity index (χ0v) is 55.0. The quantitative estimate of drug-likeness (QED) is 0.0205. The molecule has 0 saturated carbocycles. The summed E-state index contributed by atoms with van der Waals surface area (Å²) >= 11 is 0. The maximum atomic E-state index is 13.6. The van der Waals surface area contributed by atoms with E-state index in [2.05, 4.69) is 50.4 Å². The van der Waals surface area contributed by atoms with Crippen LogP contribution in [0, 0.1) is 0 Å². The average molecular weight is 1150 g/mol. The van der Waals surface area contributed by atoms with Gasteiger partial charge in [-0.05, 0) is 57.4 Å². The highest BCUT2D eigenvalue weighted by atomic mass is 31.2. The zero-order valence-electron chi connectivity index (χ0n) is 54.1. The van der Waals surface area contributed by atoms with E-state index < -0.39 is 20.0 Å². The van der Waals surface area contributed by atoms with Gasteiger partial charge in [-0.3, -0.25) is 18.6 Å². The highest BCUT2D eigenvalue weighted by molar-refractivity contribution is 7.47. The highest BCUT2D eigenvalue weighted by Crippen LogP contribution is 2.43. The lowest BCUT2D eigenvalue weighted by Crippen LogP contribution is -2.47. The second-order valence-electron chi connectivity index (χ2n) is 25.0. The molecule has 0 aromatic heterocycles. The van der Waals surface area contributed by atoms with Crippen molar-refractivity contribution in [3.8, 4) is 0 Å². The first kappa shape index (κ1) is 78.2. The Labute approximate surface area is 497 Å². The van der Waals surface area contributed by atoms with Crippen molar-refractivity contribution in [3.63, 3.8) is 0 Å². The van der Waals surface area contributed by atoms with Gasteiger partial charge in [0.05, 0.1) is 33.8 Å². The number of carbonyl (C=O) groups is 2. The minimum Gasteiger partial charge on any atom is -0.456 e. The van der Waals surface area contributed by atoms with Crippen LogP contribution in [0.3, 0.4) is 0 Å². The number of rotatable bonds is 64. The fraction of sp³-hybridized carbons (Fsp3) is 0.886. The van der Waals surface area contributed by atoms with Gasteiger partial charge >= 0.3 is 13.8 Å². The molecule has 3 atom stereocenters. The SMILES string of the molecule is CC/C=C/C/C=C/CCCCCCCCCC(=O)OC(/C=C\CCCCCCCCCCCCC)C(COP(=O)(O)OCC[N+](C)(C)C)NC(=O)CCCCCCCCCCCCCCCCCCCCCCCCCCCCC. The Balaban J connectivity index is 4.98. The van der Waals surface area contributed by atoms with Gasteiger partial charge in [0.1, 0.15) is 19.3 Å². The third-order valence-corrected chi connectivity index (χ3v) is 16.8. The van der Waals surface area contributed by atoms with Crippen molar-refractivity contribution < 1.29 is 37.3 Å². The summed E-state index contributed by atoms with van der Waals surface area (Å²) in [5.74, 6) is -0.497. The molecule has 9 nitrogen and oxygen atoms in total. The summed E-state index contributed by atoms with van der Waals surface area (Å²) in [4.78, 5) is 37.8. The van der Waals surface area contributed by atoms with Crippen molar-refractivity contribution in [2.24, 2.45) is 0 Å². The molecular formula is C70H136N2O7P+. The molecule has 0 aliphatic rings. The number of phosphoric ester groups is 1. The van der Waals surface area contributed by atoms with Crippen LogP contribution >= 0.6 is 7.82 Å². The summed E-state index contributed by atoms with van der Waals surface area (Å²) in [6.07, 6.45) is 74.5. The van der Waals surface area contributed by atoms with Gasteiger partial charge < -0.3 is 19.4 Å². The molecule has 0 bridgehead atoms. The van der Waals surface area contributed by atoms with Crippen molar-refractivity contribution in [3.05, 3.63) is 36.5 Å². The number of nitrogens with one attached hydrogen (secondary N) is 1. The van der Waals surface area contributed by atoms with Gasteiger partial charge in [0.15, 0.2) is 0 Å². The molecule has 0 aliphatic heterocycles. The summed E-state index contributed by atoms with van der Waals surface area (Å²) < 4.78 is 30.8. The Morgan fingerprint density at radius 2 is 0.800 bits per heavy atom. The van der Waals surface area contributed by atoms with E-state index >= 15 is 0 Å². The van der Waals surface area contributed by atoms with Crippen molar-refractivity contribution >= 4 is 19.7 Å². The van der Waals surface area contributed by atoms with E-state index in [0.717, 1.165) is 83.5 Å². The lowest BCUT2D eigenvalue weighted by Gasteiger charge is -2.27. The molecule has 0 aromatic carbocycles. The van der Waals surface area contributed by atoms with Crippen LogP contribution in [-0.2, 0) is 27.9 Å².